The Morgan fingerprint density at radius 1 is 0.923 bits per heavy atom. The second-order valence-electron chi connectivity index (χ2n) is 6.27. The SMILES string of the molecule is CC(=O)N1CCN(CC(=O)Nc2ccc(Oc3ccccc3)cc2)CC1. The Morgan fingerprint density at radius 2 is 1.54 bits per heavy atom. The molecule has 0 atom stereocenters. The Kier molecular flexibility index (Phi) is 5.86. The van der Waals surface area contributed by atoms with E-state index in [0.717, 1.165) is 30.3 Å². The summed E-state index contributed by atoms with van der Waals surface area (Å²) in [6.45, 7) is 4.69. The van der Waals surface area contributed by atoms with Gasteiger partial charge in [-0.3, -0.25) is 14.5 Å². The van der Waals surface area contributed by atoms with E-state index in [1.165, 1.54) is 0 Å². The predicted molar refractivity (Wildman–Crippen MR) is 100 cm³/mol. The molecule has 0 bridgehead atoms. The molecule has 26 heavy (non-hydrogen) atoms. The van der Waals surface area contributed by atoms with Crippen molar-refractivity contribution in [1.82, 2.24) is 9.80 Å². The quantitative estimate of drug-likeness (QED) is 0.897. The van der Waals surface area contributed by atoms with Crippen molar-refractivity contribution in [3.63, 3.8) is 0 Å². The zero-order valence-corrected chi connectivity index (χ0v) is 14.9. The van der Waals surface area contributed by atoms with Gasteiger partial charge in [-0.05, 0) is 36.4 Å². The number of para-hydroxylation sites is 1. The average Bonchev–Trinajstić information content (AvgIpc) is 2.64. The topological polar surface area (TPSA) is 61.9 Å². The minimum atomic E-state index is -0.0574. The summed E-state index contributed by atoms with van der Waals surface area (Å²) in [5.41, 5.74) is 0.734. The third-order valence-corrected chi connectivity index (χ3v) is 4.30. The van der Waals surface area contributed by atoms with E-state index in [1.807, 2.05) is 54.6 Å². The number of ether oxygens (including phenoxy) is 1. The molecule has 0 radical (unpaired) electrons. The first-order valence-electron chi connectivity index (χ1n) is 8.71. The molecule has 1 aliphatic heterocycles. The number of benzene rings is 2. The van der Waals surface area contributed by atoms with E-state index in [4.69, 9.17) is 4.74 Å². The highest BCUT2D eigenvalue weighted by Gasteiger charge is 2.20. The molecule has 6 nitrogen and oxygen atoms in total. The fourth-order valence-corrected chi connectivity index (χ4v) is 2.86. The number of hydrogen-bond acceptors (Lipinski definition) is 4. The smallest absolute Gasteiger partial charge is 0.238 e. The van der Waals surface area contributed by atoms with E-state index in [2.05, 4.69) is 10.2 Å². The number of rotatable bonds is 5. The maximum atomic E-state index is 12.2. The predicted octanol–water partition coefficient (Wildman–Crippen LogP) is 2.58. The van der Waals surface area contributed by atoms with E-state index in [1.54, 1.807) is 11.8 Å². The van der Waals surface area contributed by atoms with Gasteiger partial charge in [0.05, 0.1) is 6.54 Å². The van der Waals surface area contributed by atoms with Crippen LogP contribution in [0.5, 0.6) is 11.5 Å². The average molecular weight is 353 g/mol. The summed E-state index contributed by atoms with van der Waals surface area (Å²) in [6, 6.07) is 16.9. The maximum Gasteiger partial charge on any atom is 0.238 e. The lowest BCUT2D eigenvalue weighted by atomic mass is 10.2. The van der Waals surface area contributed by atoms with E-state index < -0.39 is 0 Å². The highest BCUT2D eigenvalue weighted by Crippen LogP contribution is 2.22. The summed E-state index contributed by atoms with van der Waals surface area (Å²) in [4.78, 5) is 27.4. The minimum absolute atomic E-state index is 0.0574. The molecule has 2 amide bonds. The van der Waals surface area contributed by atoms with Crippen molar-refractivity contribution in [2.24, 2.45) is 0 Å². The number of carbonyl (C=O) groups is 2. The Bertz CT molecular complexity index is 739. The van der Waals surface area contributed by atoms with E-state index in [-0.39, 0.29) is 11.8 Å². The Labute approximate surface area is 153 Å². The van der Waals surface area contributed by atoms with Gasteiger partial charge in [0.15, 0.2) is 0 Å². The normalized spacial score (nSPS) is 14.7. The molecule has 1 heterocycles. The van der Waals surface area contributed by atoms with E-state index >= 15 is 0 Å². The molecule has 2 aromatic rings. The molecule has 1 saturated heterocycles. The van der Waals surface area contributed by atoms with Crippen LogP contribution in [-0.4, -0.2) is 54.3 Å². The number of amides is 2. The molecular formula is C20H23N3O3. The summed E-state index contributed by atoms with van der Waals surface area (Å²) in [7, 11) is 0. The number of carbonyl (C=O) groups excluding carboxylic acids is 2. The summed E-state index contributed by atoms with van der Waals surface area (Å²) in [5, 5.41) is 2.90. The summed E-state index contributed by atoms with van der Waals surface area (Å²) in [6.07, 6.45) is 0. The number of piperazine rings is 1. The molecule has 2 aromatic carbocycles. The third-order valence-electron chi connectivity index (χ3n) is 4.30. The molecular weight excluding hydrogens is 330 g/mol. The summed E-state index contributed by atoms with van der Waals surface area (Å²) in [5.74, 6) is 1.52. The largest absolute Gasteiger partial charge is 0.457 e. The van der Waals surface area contributed by atoms with Crippen LogP contribution < -0.4 is 10.1 Å². The van der Waals surface area contributed by atoms with Crippen LogP contribution in [0.25, 0.3) is 0 Å². The van der Waals surface area contributed by atoms with Gasteiger partial charge < -0.3 is 15.0 Å². The Hall–Kier alpha value is -2.86. The first-order valence-corrected chi connectivity index (χ1v) is 8.71. The minimum Gasteiger partial charge on any atom is -0.457 e. The van der Waals surface area contributed by atoms with E-state index in [9.17, 15) is 9.59 Å². The van der Waals surface area contributed by atoms with Crippen LogP contribution >= 0.6 is 0 Å². The zero-order valence-electron chi connectivity index (χ0n) is 14.9. The van der Waals surface area contributed by atoms with Gasteiger partial charge >= 0.3 is 0 Å². The Morgan fingerprint density at radius 3 is 2.15 bits per heavy atom. The maximum absolute atomic E-state index is 12.2. The van der Waals surface area contributed by atoms with Gasteiger partial charge in [-0.15, -0.1) is 0 Å². The molecule has 6 heteroatoms. The van der Waals surface area contributed by atoms with Crippen molar-refractivity contribution in [2.45, 2.75) is 6.92 Å². The van der Waals surface area contributed by atoms with E-state index in [0.29, 0.717) is 19.6 Å². The second kappa shape index (κ2) is 8.49. The van der Waals surface area contributed by atoms with Crippen molar-refractivity contribution in [3.8, 4) is 11.5 Å². The monoisotopic (exact) mass is 353 g/mol. The number of anilines is 1. The van der Waals surface area contributed by atoms with Crippen LogP contribution in [0, 0.1) is 0 Å². The second-order valence-corrected chi connectivity index (χ2v) is 6.27. The molecule has 0 unspecified atom stereocenters. The van der Waals surface area contributed by atoms with Gasteiger partial charge in [-0.2, -0.15) is 0 Å². The van der Waals surface area contributed by atoms with Gasteiger partial charge in [0.25, 0.3) is 0 Å². The first kappa shape index (κ1) is 17.9. The fraction of sp³-hybridized carbons (Fsp3) is 0.300. The highest BCUT2D eigenvalue weighted by atomic mass is 16.5. The molecule has 0 aliphatic carbocycles. The summed E-state index contributed by atoms with van der Waals surface area (Å²) >= 11 is 0. The zero-order chi connectivity index (χ0) is 18.4. The lowest BCUT2D eigenvalue weighted by molar-refractivity contribution is -0.130. The Balaban J connectivity index is 1.46. The van der Waals surface area contributed by atoms with Crippen LogP contribution in [0.15, 0.2) is 54.6 Å². The fourth-order valence-electron chi connectivity index (χ4n) is 2.86. The van der Waals surface area contributed by atoms with Crippen molar-refractivity contribution in [2.75, 3.05) is 38.0 Å². The lowest BCUT2D eigenvalue weighted by Crippen LogP contribution is -2.49. The molecule has 0 saturated carbocycles. The molecule has 1 fully saturated rings. The van der Waals surface area contributed by atoms with Crippen molar-refractivity contribution in [1.29, 1.82) is 0 Å². The lowest BCUT2D eigenvalue weighted by Gasteiger charge is -2.33. The van der Waals surface area contributed by atoms with Crippen molar-refractivity contribution < 1.29 is 14.3 Å². The van der Waals surface area contributed by atoms with Gasteiger partial charge in [-0.1, -0.05) is 18.2 Å². The number of nitrogens with zero attached hydrogens (tertiary/aromatic N) is 2. The van der Waals surface area contributed by atoms with Crippen molar-refractivity contribution >= 4 is 17.5 Å². The molecule has 1 N–H and O–H groups in total. The van der Waals surface area contributed by atoms with Crippen LogP contribution in [0.1, 0.15) is 6.92 Å². The van der Waals surface area contributed by atoms with Crippen LogP contribution in [-0.2, 0) is 9.59 Å². The van der Waals surface area contributed by atoms with Crippen LogP contribution in [0.4, 0.5) is 5.69 Å². The number of nitrogens with one attached hydrogen (secondary N) is 1. The van der Waals surface area contributed by atoms with Gasteiger partial charge in [-0.25, -0.2) is 0 Å². The summed E-state index contributed by atoms with van der Waals surface area (Å²) < 4.78 is 5.74. The van der Waals surface area contributed by atoms with Gasteiger partial charge in [0.2, 0.25) is 11.8 Å². The van der Waals surface area contributed by atoms with Gasteiger partial charge in [0, 0.05) is 38.8 Å². The highest BCUT2D eigenvalue weighted by molar-refractivity contribution is 5.92. The molecule has 136 valence electrons. The molecule has 3 rings (SSSR count). The molecule has 1 aliphatic rings. The first-order chi connectivity index (χ1) is 12.6. The van der Waals surface area contributed by atoms with Gasteiger partial charge in [0.1, 0.15) is 11.5 Å². The number of hydrogen-bond donors (Lipinski definition) is 1. The molecule has 0 spiro atoms. The van der Waals surface area contributed by atoms with Crippen molar-refractivity contribution in [3.05, 3.63) is 54.6 Å². The van der Waals surface area contributed by atoms with Crippen LogP contribution in [0.3, 0.4) is 0 Å². The standard InChI is InChI=1S/C20H23N3O3/c1-16(24)23-13-11-22(12-14-23)15-20(25)21-17-7-9-19(10-8-17)26-18-5-3-2-4-6-18/h2-10H,11-15H2,1H3,(H,21,25). The van der Waals surface area contributed by atoms with Crippen LogP contribution in [0.2, 0.25) is 0 Å². The molecule has 0 aromatic heterocycles. The third kappa shape index (κ3) is 5.07.